The quantitative estimate of drug-likeness (QED) is 0.305. The third-order valence-electron chi connectivity index (χ3n) is 6.11. The number of nitrogens with zero attached hydrogens (tertiary/aromatic N) is 4. The maximum absolute atomic E-state index is 5.97. The molecule has 1 heterocycles. The molecule has 38 heavy (non-hydrogen) atoms. The van der Waals surface area contributed by atoms with Gasteiger partial charge in [0.25, 0.3) is 0 Å². The molecule has 5 aromatic carbocycles. The molecule has 0 aliphatic carbocycles. The molecule has 0 fully saturated rings. The minimum atomic E-state index is 0. The summed E-state index contributed by atoms with van der Waals surface area (Å²) in [6.07, 6.45) is 0. The van der Waals surface area contributed by atoms with Crippen molar-refractivity contribution in [3.63, 3.8) is 0 Å². The fourth-order valence-electron chi connectivity index (χ4n) is 4.15. The highest BCUT2D eigenvalue weighted by atomic mass is 35.5. The van der Waals surface area contributed by atoms with Gasteiger partial charge in [-0.05, 0) is 75.1 Å². The first kappa shape index (κ1) is 24.9. The van der Waals surface area contributed by atoms with Crippen LogP contribution in [0.15, 0.2) is 140 Å². The Hall–Kier alpha value is -4.74. The Morgan fingerprint density at radius 1 is 0.579 bits per heavy atom. The average Bonchev–Trinajstić information content (AvgIpc) is 3.44. The first-order valence-electron chi connectivity index (χ1n) is 12.2. The maximum atomic E-state index is 5.97. The topological polar surface area (TPSA) is 43.8 Å². The second kappa shape index (κ2) is 11.5. The summed E-state index contributed by atoms with van der Waals surface area (Å²) in [4.78, 5) is 3.64. The van der Waals surface area contributed by atoms with Gasteiger partial charge in [-0.2, -0.15) is 0 Å². The van der Waals surface area contributed by atoms with Crippen molar-refractivity contribution in [1.82, 2.24) is 15.0 Å². The summed E-state index contributed by atoms with van der Waals surface area (Å²) in [5.74, 6) is 1.45. The summed E-state index contributed by atoms with van der Waals surface area (Å²) < 4.78 is 5.97. The third-order valence-corrected chi connectivity index (χ3v) is 6.11. The fraction of sp³-hybridized carbons (Fsp3) is 0.0312. The van der Waals surface area contributed by atoms with E-state index in [1.165, 1.54) is 5.56 Å². The third kappa shape index (κ3) is 5.48. The molecule has 0 bridgehead atoms. The van der Waals surface area contributed by atoms with E-state index in [9.17, 15) is 0 Å². The van der Waals surface area contributed by atoms with Gasteiger partial charge in [0.05, 0.1) is 10.7 Å². The van der Waals surface area contributed by atoms with Crippen molar-refractivity contribution in [1.29, 1.82) is 0 Å². The highest BCUT2D eigenvalue weighted by Crippen LogP contribution is 2.23. The number of rotatable bonds is 7. The van der Waals surface area contributed by atoms with Crippen molar-refractivity contribution in [2.75, 3.05) is 0 Å². The lowest BCUT2D eigenvalue weighted by molar-refractivity contribution is -0.734. The van der Waals surface area contributed by atoms with Crippen LogP contribution in [-0.4, -0.2) is 15.0 Å². The van der Waals surface area contributed by atoms with Crippen LogP contribution in [0, 0.1) is 0 Å². The second-order valence-electron chi connectivity index (χ2n) is 8.65. The van der Waals surface area contributed by atoms with Crippen LogP contribution >= 0.6 is 0 Å². The normalized spacial score (nSPS) is 10.5. The number of benzene rings is 5. The minimum Gasteiger partial charge on any atom is -1.00 e. The van der Waals surface area contributed by atoms with Crippen LogP contribution in [0.3, 0.4) is 0 Å². The zero-order valence-electron chi connectivity index (χ0n) is 20.6. The molecule has 0 amide bonds. The number of hydrogen-bond acceptors (Lipinski definition) is 3. The van der Waals surface area contributed by atoms with Crippen LogP contribution in [0.4, 0.5) is 0 Å². The lowest BCUT2D eigenvalue weighted by atomic mass is 10.0. The second-order valence-corrected chi connectivity index (χ2v) is 8.65. The average molecular weight is 517 g/mol. The molecular formula is C32H25ClN4O. The molecule has 6 rings (SSSR count). The molecule has 0 saturated carbocycles. The lowest BCUT2D eigenvalue weighted by Crippen LogP contribution is -3.00. The van der Waals surface area contributed by atoms with Crippen LogP contribution in [0.5, 0.6) is 5.75 Å². The van der Waals surface area contributed by atoms with Gasteiger partial charge in [0.2, 0.25) is 0 Å². The van der Waals surface area contributed by atoms with Gasteiger partial charge < -0.3 is 17.1 Å². The van der Waals surface area contributed by atoms with Gasteiger partial charge in [0, 0.05) is 4.80 Å². The highest BCUT2D eigenvalue weighted by molar-refractivity contribution is 5.67. The number of hydrogen-bond donors (Lipinski definition) is 0. The van der Waals surface area contributed by atoms with E-state index in [-0.39, 0.29) is 12.4 Å². The van der Waals surface area contributed by atoms with Crippen LogP contribution in [0.1, 0.15) is 5.56 Å². The molecule has 0 N–H and O–H groups in total. The summed E-state index contributed by atoms with van der Waals surface area (Å²) in [6, 6.07) is 46.8. The summed E-state index contributed by atoms with van der Waals surface area (Å²) in [7, 11) is 0. The van der Waals surface area contributed by atoms with Crippen molar-refractivity contribution in [3.05, 3.63) is 145 Å². The Balaban J connectivity index is 0.00000294. The van der Waals surface area contributed by atoms with Gasteiger partial charge in [0.15, 0.2) is 5.69 Å². The first-order valence-corrected chi connectivity index (χ1v) is 12.2. The van der Waals surface area contributed by atoms with E-state index in [0.717, 1.165) is 33.8 Å². The van der Waals surface area contributed by atoms with Gasteiger partial charge in [-0.15, -0.1) is 0 Å². The molecule has 6 aromatic rings. The number of para-hydroxylation sites is 1. The Morgan fingerprint density at radius 3 is 1.79 bits per heavy atom. The van der Waals surface area contributed by atoms with Crippen molar-refractivity contribution in [2.45, 2.75) is 6.61 Å². The van der Waals surface area contributed by atoms with Crippen LogP contribution in [0.2, 0.25) is 0 Å². The van der Waals surface area contributed by atoms with Crippen molar-refractivity contribution in [2.24, 2.45) is 0 Å². The van der Waals surface area contributed by atoms with Crippen molar-refractivity contribution >= 4 is 0 Å². The van der Waals surface area contributed by atoms with Crippen LogP contribution in [-0.2, 0) is 6.61 Å². The van der Waals surface area contributed by atoms with Gasteiger partial charge in [-0.25, -0.2) is 0 Å². The molecule has 0 radical (unpaired) electrons. The molecule has 6 heteroatoms. The highest BCUT2D eigenvalue weighted by Gasteiger charge is 2.23. The monoisotopic (exact) mass is 516 g/mol. The fourth-order valence-corrected chi connectivity index (χ4v) is 4.15. The number of halogens is 1. The molecule has 0 aliphatic heterocycles. The van der Waals surface area contributed by atoms with E-state index in [1.54, 1.807) is 0 Å². The largest absolute Gasteiger partial charge is 1.00 e. The van der Waals surface area contributed by atoms with Gasteiger partial charge >= 0.3 is 5.82 Å². The molecule has 0 saturated heterocycles. The van der Waals surface area contributed by atoms with Gasteiger partial charge in [0.1, 0.15) is 18.0 Å². The number of tetrazole rings is 1. The maximum Gasteiger partial charge on any atom is 0.340 e. The van der Waals surface area contributed by atoms with Crippen molar-refractivity contribution in [3.8, 4) is 39.6 Å². The van der Waals surface area contributed by atoms with Gasteiger partial charge in [-0.3, -0.25) is 0 Å². The van der Waals surface area contributed by atoms with E-state index in [0.29, 0.717) is 12.4 Å². The molecular weight excluding hydrogens is 492 g/mol. The summed E-state index contributed by atoms with van der Waals surface area (Å²) in [6.45, 7) is 0.524. The van der Waals surface area contributed by atoms with E-state index in [2.05, 4.69) is 48.5 Å². The minimum absolute atomic E-state index is 0. The standard InChI is InChI=1S/C32H25N4O.ClH/c1-4-10-25(11-5-1)24-37-31-22-20-30(21-23-31)36-34-32(33-35(36)29-14-8-3-9-15-29)28-18-16-27(17-19-28)26-12-6-2-7-13-26;/h1-23H,24H2;1H/q+1;/p-1. The Labute approximate surface area is 228 Å². The Morgan fingerprint density at radius 2 is 1.13 bits per heavy atom. The number of aromatic nitrogens is 4. The first-order chi connectivity index (χ1) is 18.3. The molecule has 0 spiro atoms. The van der Waals surface area contributed by atoms with E-state index in [1.807, 2.05) is 101 Å². The molecule has 0 aliphatic rings. The zero-order chi connectivity index (χ0) is 24.9. The van der Waals surface area contributed by atoms with Crippen molar-refractivity contribution < 1.29 is 21.9 Å². The van der Waals surface area contributed by atoms with E-state index in [4.69, 9.17) is 14.9 Å². The van der Waals surface area contributed by atoms with E-state index >= 15 is 0 Å². The number of ether oxygens (including phenoxy) is 1. The SMILES string of the molecule is [Cl-].c1ccc(COc2ccc(-[n+]3nc(-c4ccc(-c5ccccc5)cc4)nn3-c3ccccc3)cc2)cc1. The molecule has 0 unspecified atom stereocenters. The summed E-state index contributed by atoms with van der Waals surface area (Å²) in [5, 5.41) is 9.75. The Kier molecular flexibility index (Phi) is 7.57. The smallest absolute Gasteiger partial charge is 0.340 e. The zero-order valence-corrected chi connectivity index (χ0v) is 21.3. The Bertz CT molecular complexity index is 1590. The lowest BCUT2D eigenvalue weighted by Gasteiger charge is -2.06. The van der Waals surface area contributed by atoms with E-state index < -0.39 is 0 Å². The molecule has 5 nitrogen and oxygen atoms in total. The summed E-state index contributed by atoms with van der Waals surface area (Å²) >= 11 is 0. The predicted octanol–water partition coefficient (Wildman–Crippen LogP) is 3.46. The molecule has 1 aromatic heterocycles. The predicted molar refractivity (Wildman–Crippen MR) is 145 cm³/mol. The molecule has 186 valence electrons. The van der Waals surface area contributed by atoms with Gasteiger partial charge in [-0.1, -0.05) is 91.0 Å². The summed E-state index contributed by atoms with van der Waals surface area (Å²) in [5.41, 5.74) is 6.23. The van der Waals surface area contributed by atoms with Crippen LogP contribution in [0.25, 0.3) is 33.9 Å². The molecule has 0 atom stereocenters. The van der Waals surface area contributed by atoms with Crippen LogP contribution < -0.4 is 21.9 Å².